The van der Waals surface area contributed by atoms with E-state index in [-0.39, 0.29) is 12.0 Å². The number of hydrogen-bond acceptors (Lipinski definition) is 5. The maximum atomic E-state index is 12.0. The summed E-state index contributed by atoms with van der Waals surface area (Å²) in [6, 6.07) is 13.2. The minimum absolute atomic E-state index is 0.171. The SMILES string of the molecule is Cc1ccc(N2CCCC2COC(=O)c2ccccc2)nn1. The van der Waals surface area contributed by atoms with Crippen LogP contribution in [0.5, 0.6) is 0 Å². The van der Waals surface area contributed by atoms with Gasteiger partial charge in [-0.3, -0.25) is 0 Å². The highest BCUT2D eigenvalue weighted by Crippen LogP contribution is 2.23. The third kappa shape index (κ3) is 3.24. The number of carbonyl (C=O) groups is 1. The van der Waals surface area contributed by atoms with Gasteiger partial charge in [0.05, 0.1) is 17.3 Å². The molecule has 0 aliphatic carbocycles. The van der Waals surface area contributed by atoms with E-state index in [1.165, 1.54) is 0 Å². The van der Waals surface area contributed by atoms with Crippen LogP contribution >= 0.6 is 0 Å². The normalized spacial score (nSPS) is 17.5. The van der Waals surface area contributed by atoms with Gasteiger partial charge in [0.1, 0.15) is 6.61 Å². The number of aryl methyl sites for hydroxylation is 1. The smallest absolute Gasteiger partial charge is 0.338 e. The first-order valence-electron chi connectivity index (χ1n) is 7.53. The van der Waals surface area contributed by atoms with Crippen LogP contribution in [-0.2, 0) is 4.74 Å². The van der Waals surface area contributed by atoms with E-state index < -0.39 is 0 Å². The van der Waals surface area contributed by atoms with Gasteiger partial charge in [0, 0.05) is 6.54 Å². The highest BCUT2D eigenvalue weighted by molar-refractivity contribution is 5.89. The van der Waals surface area contributed by atoms with Gasteiger partial charge in [-0.2, -0.15) is 5.10 Å². The first-order chi connectivity index (χ1) is 10.7. The van der Waals surface area contributed by atoms with Crippen molar-refractivity contribution < 1.29 is 9.53 Å². The van der Waals surface area contributed by atoms with Crippen LogP contribution in [0, 0.1) is 6.92 Å². The highest BCUT2D eigenvalue weighted by atomic mass is 16.5. The topological polar surface area (TPSA) is 55.3 Å². The van der Waals surface area contributed by atoms with Crippen molar-refractivity contribution in [2.75, 3.05) is 18.1 Å². The summed E-state index contributed by atoms with van der Waals surface area (Å²) in [5.41, 5.74) is 1.48. The Bertz CT molecular complexity index is 628. The molecule has 1 fully saturated rings. The molecular formula is C17H19N3O2. The Morgan fingerprint density at radius 3 is 2.77 bits per heavy atom. The number of ether oxygens (including phenoxy) is 1. The van der Waals surface area contributed by atoms with Gasteiger partial charge >= 0.3 is 5.97 Å². The molecule has 2 heterocycles. The Hall–Kier alpha value is -2.43. The van der Waals surface area contributed by atoms with Crippen molar-refractivity contribution in [2.45, 2.75) is 25.8 Å². The maximum absolute atomic E-state index is 12.0. The summed E-state index contributed by atoms with van der Waals surface area (Å²) in [4.78, 5) is 14.2. The second kappa shape index (κ2) is 6.56. The summed E-state index contributed by atoms with van der Waals surface area (Å²) in [7, 11) is 0. The molecule has 1 unspecified atom stereocenters. The van der Waals surface area contributed by atoms with Gasteiger partial charge in [0.25, 0.3) is 0 Å². The molecule has 5 nitrogen and oxygen atoms in total. The van der Waals surface area contributed by atoms with Crippen LogP contribution in [0.25, 0.3) is 0 Å². The zero-order valence-electron chi connectivity index (χ0n) is 12.6. The lowest BCUT2D eigenvalue weighted by Gasteiger charge is -2.24. The minimum Gasteiger partial charge on any atom is -0.460 e. The molecule has 1 aromatic carbocycles. The van der Waals surface area contributed by atoms with E-state index in [4.69, 9.17) is 4.74 Å². The lowest BCUT2D eigenvalue weighted by molar-refractivity contribution is 0.0482. The van der Waals surface area contributed by atoms with Gasteiger partial charge in [-0.1, -0.05) is 18.2 Å². The van der Waals surface area contributed by atoms with Gasteiger partial charge in [0.2, 0.25) is 0 Å². The number of aromatic nitrogens is 2. The van der Waals surface area contributed by atoms with Crippen LogP contribution in [0.15, 0.2) is 42.5 Å². The Morgan fingerprint density at radius 1 is 1.23 bits per heavy atom. The minimum atomic E-state index is -0.276. The molecule has 1 atom stereocenters. The first kappa shape index (κ1) is 14.5. The Kier molecular flexibility index (Phi) is 4.32. The van der Waals surface area contributed by atoms with Gasteiger partial charge in [-0.15, -0.1) is 5.10 Å². The molecule has 3 rings (SSSR count). The number of nitrogens with zero attached hydrogens (tertiary/aromatic N) is 3. The monoisotopic (exact) mass is 297 g/mol. The Morgan fingerprint density at radius 2 is 2.05 bits per heavy atom. The molecular weight excluding hydrogens is 278 g/mol. The Labute approximate surface area is 129 Å². The average molecular weight is 297 g/mol. The van der Waals surface area contributed by atoms with Crippen molar-refractivity contribution in [1.29, 1.82) is 0 Å². The zero-order chi connectivity index (χ0) is 15.4. The first-order valence-corrected chi connectivity index (χ1v) is 7.53. The van der Waals surface area contributed by atoms with Crippen LogP contribution < -0.4 is 4.90 Å². The predicted octanol–water partition coefficient (Wildman–Crippen LogP) is 2.61. The molecule has 0 bridgehead atoms. The molecule has 1 aromatic heterocycles. The lowest BCUT2D eigenvalue weighted by Crippen LogP contribution is -2.34. The number of rotatable bonds is 4. The number of esters is 1. The molecule has 22 heavy (non-hydrogen) atoms. The summed E-state index contributed by atoms with van der Waals surface area (Å²) >= 11 is 0. The molecule has 0 amide bonds. The van der Waals surface area contributed by atoms with E-state index in [1.54, 1.807) is 12.1 Å². The molecule has 0 N–H and O–H groups in total. The zero-order valence-corrected chi connectivity index (χ0v) is 12.6. The molecule has 114 valence electrons. The van der Waals surface area contributed by atoms with Crippen LogP contribution in [0.2, 0.25) is 0 Å². The van der Waals surface area contributed by atoms with Gasteiger partial charge in [-0.25, -0.2) is 4.79 Å². The van der Waals surface area contributed by atoms with Crippen molar-refractivity contribution in [3.8, 4) is 0 Å². The van der Waals surface area contributed by atoms with Crippen LogP contribution in [-0.4, -0.2) is 35.4 Å². The second-order valence-corrected chi connectivity index (χ2v) is 5.49. The fourth-order valence-electron chi connectivity index (χ4n) is 2.69. The number of benzene rings is 1. The second-order valence-electron chi connectivity index (χ2n) is 5.49. The van der Waals surface area contributed by atoms with Gasteiger partial charge in [0.15, 0.2) is 5.82 Å². The maximum Gasteiger partial charge on any atom is 0.338 e. The molecule has 0 spiro atoms. The van der Waals surface area contributed by atoms with E-state index in [9.17, 15) is 4.79 Å². The van der Waals surface area contributed by atoms with Gasteiger partial charge in [-0.05, 0) is 44.0 Å². The van der Waals surface area contributed by atoms with Crippen molar-refractivity contribution in [3.05, 3.63) is 53.7 Å². The van der Waals surface area contributed by atoms with Crippen molar-refractivity contribution >= 4 is 11.8 Å². The van der Waals surface area contributed by atoms with Crippen LogP contribution in [0.4, 0.5) is 5.82 Å². The molecule has 0 radical (unpaired) electrons. The summed E-state index contributed by atoms with van der Waals surface area (Å²) in [6.45, 7) is 3.22. The summed E-state index contributed by atoms with van der Waals surface area (Å²) in [6.07, 6.45) is 2.07. The third-order valence-electron chi connectivity index (χ3n) is 3.87. The lowest BCUT2D eigenvalue weighted by atomic mass is 10.2. The standard InChI is InChI=1S/C17H19N3O2/c1-13-9-10-16(19-18-13)20-11-5-8-15(20)12-22-17(21)14-6-3-2-4-7-14/h2-4,6-7,9-10,15H,5,8,11-12H2,1H3. The Balaban J connectivity index is 1.62. The number of anilines is 1. The largest absolute Gasteiger partial charge is 0.460 e. The van der Waals surface area contributed by atoms with E-state index in [0.29, 0.717) is 12.2 Å². The van der Waals surface area contributed by atoms with E-state index >= 15 is 0 Å². The van der Waals surface area contributed by atoms with Crippen molar-refractivity contribution in [1.82, 2.24) is 10.2 Å². The highest BCUT2D eigenvalue weighted by Gasteiger charge is 2.27. The summed E-state index contributed by atoms with van der Waals surface area (Å²) in [5, 5.41) is 8.33. The fraction of sp³-hybridized carbons (Fsp3) is 0.353. The molecule has 1 aliphatic heterocycles. The molecule has 0 saturated carbocycles. The third-order valence-corrected chi connectivity index (χ3v) is 3.87. The van der Waals surface area contributed by atoms with E-state index in [0.717, 1.165) is 30.9 Å². The molecule has 1 saturated heterocycles. The average Bonchev–Trinajstić information content (AvgIpc) is 3.02. The summed E-state index contributed by atoms with van der Waals surface area (Å²) in [5.74, 6) is 0.575. The molecule has 2 aromatic rings. The quantitative estimate of drug-likeness (QED) is 0.812. The number of carbonyl (C=O) groups excluding carboxylic acids is 1. The van der Waals surface area contributed by atoms with E-state index in [2.05, 4.69) is 15.1 Å². The number of hydrogen-bond donors (Lipinski definition) is 0. The molecule has 1 aliphatic rings. The van der Waals surface area contributed by atoms with Crippen molar-refractivity contribution in [3.63, 3.8) is 0 Å². The summed E-state index contributed by atoms with van der Waals surface area (Å²) < 4.78 is 5.46. The predicted molar refractivity (Wildman–Crippen MR) is 83.9 cm³/mol. The van der Waals surface area contributed by atoms with Crippen LogP contribution in [0.3, 0.4) is 0 Å². The fourth-order valence-corrected chi connectivity index (χ4v) is 2.69. The van der Waals surface area contributed by atoms with Crippen molar-refractivity contribution in [2.24, 2.45) is 0 Å². The molecule has 5 heteroatoms. The van der Waals surface area contributed by atoms with Crippen LogP contribution in [0.1, 0.15) is 28.9 Å². The van der Waals surface area contributed by atoms with Gasteiger partial charge < -0.3 is 9.64 Å². The van der Waals surface area contributed by atoms with E-state index in [1.807, 2.05) is 37.3 Å².